The van der Waals surface area contributed by atoms with E-state index in [-0.39, 0.29) is 35.4 Å². The summed E-state index contributed by atoms with van der Waals surface area (Å²) in [5.74, 6) is -0.341. The summed E-state index contributed by atoms with van der Waals surface area (Å²) >= 11 is 0. The molecule has 2 atom stereocenters. The van der Waals surface area contributed by atoms with Gasteiger partial charge in [0.25, 0.3) is 5.91 Å². The topological polar surface area (TPSA) is 72.3 Å². The Morgan fingerprint density at radius 3 is 2.57 bits per heavy atom. The Hall–Kier alpha value is -3.22. The molecule has 1 fully saturated rings. The Morgan fingerprint density at radius 1 is 1.20 bits per heavy atom. The number of halogens is 1. The normalized spacial score (nSPS) is 21.2. The lowest BCUT2D eigenvalue weighted by atomic mass is 9.94. The van der Waals surface area contributed by atoms with Crippen LogP contribution in [-0.4, -0.2) is 31.5 Å². The molecule has 0 bridgehead atoms. The molecule has 2 aromatic carbocycles. The van der Waals surface area contributed by atoms with Gasteiger partial charge in [0.2, 0.25) is 0 Å². The number of nitrogens with zero attached hydrogens (tertiary/aromatic N) is 2. The standard InChI is InChI=1S/C23H26FN3O3/c1-15(20-13-23(20,2)17-9-11-18(24)12-10-17)26-30-14-16-7-5-6-8-19(16)21(27-29-4)22(28)25-3/h5-12,20H,13-14H2,1-4H3,(H,25,28)/b26-15+,27-21-. The number of amides is 1. The molecule has 2 aromatic rings. The van der Waals surface area contributed by atoms with Gasteiger partial charge in [0.1, 0.15) is 19.5 Å². The summed E-state index contributed by atoms with van der Waals surface area (Å²) in [4.78, 5) is 22.6. The summed E-state index contributed by atoms with van der Waals surface area (Å²) in [6.07, 6.45) is 0.940. The van der Waals surface area contributed by atoms with Crippen molar-refractivity contribution in [2.75, 3.05) is 14.2 Å². The second-order valence-corrected chi connectivity index (χ2v) is 7.55. The van der Waals surface area contributed by atoms with Gasteiger partial charge in [-0.2, -0.15) is 0 Å². The Labute approximate surface area is 175 Å². The molecule has 0 saturated heterocycles. The van der Waals surface area contributed by atoms with Crippen LogP contribution >= 0.6 is 0 Å². The monoisotopic (exact) mass is 411 g/mol. The van der Waals surface area contributed by atoms with Crippen LogP contribution in [0.4, 0.5) is 4.39 Å². The molecule has 0 radical (unpaired) electrons. The Bertz CT molecular complexity index is 972. The summed E-state index contributed by atoms with van der Waals surface area (Å²) in [5, 5.41) is 10.7. The Balaban J connectivity index is 1.70. The summed E-state index contributed by atoms with van der Waals surface area (Å²) in [6.45, 7) is 4.27. The van der Waals surface area contributed by atoms with E-state index in [9.17, 15) is 9.18 Å². The fourth-order valence-corrected chi connectivity index (χ4v) is 3.69. The van der Waals surface area contributed by atoms with Crippen LogP contribution in [-0.2, 0) is 26.5 Å². The highest BCUT2D eigenvalue weighted by atomic mass is 19.1. The lowest BCUT2D eigenvalue weighted by Crippen LogP contribution is -2.29. The molecule has 1 N–H and O–H groups in total. The number of likely N-dealkylation sites (N-methyl/N-ethyl adjacent to an activating group) is 1. The van der Waals surface area contributed by atoms with Crippen molar-refractivity contribution in [3.05, 3.63) is 71.0 Å². The Morgan fingerprint density at radius 2 is 1.90 bits per heavy atom. The zero-order chi connectivity index (χ0) is 21.7. The number of oxime groups is 2. The number of hydrogen-bond acceptors (Lipinski definition) is 5. The van der Waals surface area contributed by atoms with Gasteiger partial charge in [0, 0.05) is 29.5 Å². The predicted molar refractivity (Wildman–Crippen MR) is 114 cm³/mol. The van der Waals surface area contributed by atoms with Crippen molar-refractivity contribution < 1.29 is 18.9 Å². The van der Waals surface area contributed by atoms with Gasteiger partial charge in [-0.15, -0.1) is 0 Å². The summed E-state index contributed by atoms with van der Waals surface area (Å²) in [5.41, 5.74) is 3.49. The van der Waals surface area contributed by atoms with Gasteiger partial charge in [-0.05, 0) is 31.0 Å². The molecule has 1 amide bonds. The average Bonchev–Trinajstić information content (AvgIpc) is 3.45. The molecule has 0 heterocycles. The van der Waals surface area contributed by atoms with Crippen molar-refractivity contribution in [1.82, 2.24) is 5.32 Å². The van der Waals surface area contributed by atoms with Crippen molar-refractivity contribution >= 4 is 17.3 Å². The van der Waals surface area contributed by atoms with E-state index in [4.69, 9.17) is 9.68 Å². The Kier molecular flexibility index (Phi) is 6.50. The molecule has 1 saturated carbocycles. The maximum absolute atomic E-state index is 13.2. The number of rotatable bonds is 8. The van der Waals surface area contributed by atoms with Crippen molar-refractivity contribution in [3.8, 4) is 0 Å². The molecule has 6 nitrogen and oxygen atoms in total. The number of nitrogens with one attached hydrogen (secondary N) is 1. The van der Waals surface area contributed by atoms with Gasteiger partial charge in [0.15, 0.2) is 5.71 Å². The van der Waals surface area contributed by atoms with Crippen LogP contribution < -0.4 is 5.32 Å². The van der Waals surface area contributed by atoms with Crippen molar-refractivity contribution in [3.63, 3.8) is 0 Å². The SMILES string of the molecule is CNC(=O)/C(=N\OC)c1ccccc1CO/N=C(\C)C1CC1(C)c1ccc(F)cc1. The number of hydrogen-bond donors (Lipinski definition) is 1. The van der Waals surface area contributed by atoms with E-state index in [1.807, 2.05) is 37.3 Å². The molecule has 0 aromatic heterocycles. The number of carbonyl (C=O) groups excluding carboxylic acids is 1. The molecule has 158 valence electrons. The lowest BCUT2D eigenvalue weighted by Gasteiger charge is -2.12. The van der Waals surface area contributed by atoms with Crippen LogP contribution in [0.15, 0.2) is 58.8 Å². The first-order valence-electron chi connectivity index (χ1n) is 9.74. The highest BCUT2D eigenvalue weighted by Gasteiger charge is 2.53. The maximum Gasteiger partial charge on any atom is 0.273 e. The van der Waals surface area contributed by atoms with E-state index >= 15 is 0 Å². The third kappa shape index (κ3) is 4.50. The smallest absolute Gasteiger partial charge is 0.273 e. The van der Waals surface area contributed by atoms with Gasteiger partial charge in [-0.25, -0.2) is 4.39 Å². The predicted octanol–water partition coefficient (Wildman–Crippen LogP) is 3.79. The van der Waals surface area contributed by atoms with Gasteiger partial charge < -0.3 is 15.0 Å². The molecule has 3 rings (SSSR count). The minimum atomic E-state index is -0.350. The molecule has 0 aliphatic heterocycles. The molecule has 0 spiro atoms. The van der Waals surface area contributed by atoms with E-state index in [1.54, 1.807) is 6.07 Å². The first kappa shape index (κ1) is 21.5. The molecule has 7 heteroatoms. The van der Waals surface area contributed by atoms with Crippen molar-refractivity contribution in [1.29, 1.82) is 0 Å². The second kappa shape index (κ2) is 9.07. The fraction of sp³-hybridized carbons (Fsp3) is 0.348. The first-order valence-corrected chi connectivity index (χ1v) is 9.74. The van der Waals surface area contributed by atoms with Crippen LogP contribution in [0.3, 0.4) is 0 Å². The highest BCUT2D eigenvalue weighted by molar-refractivity contribution is 6.45. The van der Waals surface area contributed by atoms with Crippen molar-refractivity contribution in [2.45, 2.75) is 32.3 Å². The number of benzene rings is 2. The van der Waals surface area contributed by atoms with E-state index in [0.29, 0.717) is 5.56 Å². The van der Waals surface area contributed by atoms with Crippen LogP contribution in [0.25, 0.3) is 0 Å². The van der Waals surface area contributed by atoms with Crippen molar-refractivity contribution in [2.24, 2.45) is 16.2 Å². The summed E-state index contributed by atoms with van der Waals surface area (Å²) in [7, 11) is 2.93. The first-order chi connectivity index (χ1) is 14.4. The van der Waals surface area contributed by atoms with E-state index in [2.05, 4.69) is 22.6 Å². The van der Waals surface area contributed by atoms with Crippen LogP contribution in [0, 0.1) is 11.7 Å². The maximum atomic E-state index is 13.2. The van der Waals surface area contributed by atoms with Gasteiger partial charge in [-0.1, -0.05) is 53.6 Å². The third-order valence-corrected chi connectivity index (χ3v) is 5.57. The second-order valence-electron chi connectivity index (χ2n) is 7.55. The van der Waals surface area contributed by atoms with Gasteiger partial charge in [0.05, 0.1) is 5.71 Å². The van der Waals surface area contributed by atoms with E-state index in [1.165, 1.54) is 26.3 Å². The van der Waals surface area contributed by atoms with Crippen LogP contribution in [0.2, 0.25) is 0 Å². The third-order valence-electron chi connectivity index (χ3n) is 5.57. The van der Waals surface area contributed by atoms with E-state index < -0.39 is 0 Å². The average molecular weight is 411 g/mol. The van der Waals surface area contributed by atoms with Gasteiger partial charge >= 0.3 is 0 Å². The highest BCUT2D eigenvalue weighted by Crippen LogP contribution is 2.54. The minimum absolute atomic E-state index is 0.0555. The molecular weight excluding hydrogens is 385 g/mol. The largest absolute Gasteiger partial charge is 0.398 e. The molecule has 1 aliphatic carbocycles. The quantitative estimate of drug-likeness (QED) is 0.531. The summed E-state index contributed by atoms with van der Waals surface area (Å²) in [6, 6.07) is 14.0. The molecule has 1 aliphatic rings. The fourth-order valence-electron chi connectivity index (χ4n) is 3.69. The van der Waals surface area contributed by atoms with Crippen LogP contribution in [0.5, 0.6) is 0 Å². The van der Waals surface area contributed by atoms with Crippen LogP contribution in [0.1, 0.15) is 37.0 Å². The molecular formula is C23H26FN3O3. The van der Waals surface area contributed by atoms with Gasteiger partial charge in [-0.3, -0.25) is 4.79 Å². The molecule has 2 unspecified atom stereocenters. The minimum Gasteiger partial charge on any atom is -0.398 e. The zero-order valence-corrected chi connectivity index (χ0v) is 17.6. The number of carbonyl (C=O) groups is 1. The van der Waals surface area contributed by atoms with E-state index in [0.717, 1.165) is 23.3 Å². The summed E-state index contributed by atoms with van der Waals surface area (Å²) < 4.78 is 13.2. The lowest BCUT2D eigenvalue weighted by molar-refractivity contribution is -0.114. The molecule has 30 heavy (non-hydrogen) atoms. The zero-order valence-electron chi connectivity index (χ0n) is 17.6.